The molecule has 2 aliphatic rings. The SMILES string of the molecule is O=C1CC2COCC(C1)N2Cc1ccc(F)cc1. The van der Waals surface area contributed by atoms with Crippen LogP contribution < -0.4 is 0 Å². The topological polar surface area (TPSA) is 29.5 Å². The van der Waals surface area contributed by atoms with Gasteiger partial charge in [-0.25, -0.2) is 4.39 Å². The van der Waals surface area contributed by atoms with E-state index in [1.54, 1.807) is 0 Å². The van der Waals surface area contributed by atoms with Gasteiger partial charge >= 0.3 is 0 Å². The molecule has 96 valence electrons. The van der Waals surface area contributed by atoms with Gasteiger partial charge in [-0.15, -0.1) is 0 Å². The van der Waals surface area contributed by atoms with Crippen molar-refractivity contribution in [1.29, 1.82) is 0 Å². The predicted octanol–water partition coefficient (Wildman–Crippen LogP) is 1.76. The lowest BCUT2D eigenvalue weighted by molar-refractivity contribution is -0.136. The molecule has 0 radical (unpaired) electrons. The Balaban J connectivity index is 1.75. The highest BCUT2D eigenvalue weighted by molar-refractivity contribution is 5.80. The number of hydrogen-bond acceptors (Lipinski definition) is 3. The maximum absolute atomic E-state index is 12.9. The van der Waals surface area contributed by atoms with E-state index in [0.717, 1.165) is 12.1 Å². The summed E-state index contributed by atoms with van der Waals surface area (Å²) in [6, 6.07) is 6.96. The molecule has 0 N–H and O–H groups in total. The van der Waals surface area contributed by atoms with Crippen molar-refractivity contribution in [2.75, 3.05) is 13.2 Å². The molecule has 0 aliphatic carbocycles. The van der Waals surface area contributed by atoms with Crippen molar-refractivity contribution < 1.29 is 13.9 Å². The first-order valence-electron chi connectivity index (χ1n) is 6.32. The number of piperidine rings is 1. The Labute approximate surface area is 106 Å². The third-order valence-electron chi connectivity index (χ3n) is 3.76. The van der Waals surface area contributed by atoms with Crippen LogP contribution in [0.25, 0.3) is 0 Å². The van der Waals surface area contributed by atoms with Crippen molar-refractivity contribution in [3.05, 3.63) is 35.6 Å². The van der Waals surface area contributed by atoms with E-state index in [-0.39, 0.29) is 17.9 Å². The largest absolute Gasteiger partial charge is 0.378 e. The van der Waals surface area contributed by atoms with Crippen molar-refractivity contribution in [3.63, 3.8) is 0 Å². The highest BCUT2D eigenvalue weighted by Crippen LogP contribution is 2.27. The molecule has 0 spiro atoms. The molecule has 1 aromatic carbocycles. The Kier molecular flexibility index (Phi) is 3.14. The van der Waals surface area contributed by atoms with Crippen LogP contribution in [0, 0.1) is 5.82 Å². The van der Waals surface area contributed by atoms with E-state index in [2.05, 4.69) is 4.90 Å². The van der Waals surface area contributed by atoms with E-state index in [1.807, 2.05) is 12.1 Å². The lowest BCUT2D eigenvalue weighted by Gasteiger charge is -2.45. The van der Waals surface area contributed by atoms with Crippen molar-refractivity contribution in [1.82, 2.24) is 4.90 Å². The minimum Gasteiger partial charge on any atom is -0.378 e. The Morgan fingerprint density at radius 1 is 1.17 bits per heavy atom. The maximum atomic E-state index is 12.9. The summed E-state index contributed by atoms with van der Waals surface area (Å²) in [5.41, 5.74) is 1.09. The molecule has 3 rings (SSSR count). The minimum absolute atomic E-state index is 0.190. The van der Waals surface area contributed by atoms with Crippen molar-refractivity contribution in [2.45, 2.75) is 31.5 Å². The fourth-order valence-electron chi connectivity index (χ4n) is 2.85. The van der Waals surface area contributed by atoms with E-state index in [4.69, 9.17) is 4.74 Å². The summed E-state index contributed by atoms with van der Waals surface area (Å²) in [5.74, 6) is 0.125. The molecule has 3 nitrogen and oxygen atoms in total. The standard InChI is InChI=1S/C14H16FNO2/c15-11-3-1-10(2-4-11)7-16-12-5-14(17)6-13(16)9-18-8-12/h1-4,12-13H,5-9H2. The molecule has 0 amide bonds. The molecular weight excluding hydrogens is 233 g/mol. The number of rotatable bonds is 2. The number of ether oxygens (including phenoxy) is 1. The smallest absolute Gasteiger partial charge is 0.136 e. The zero-order valence-electron chi connectivity index (χ0n) is 10.1. The highest BCUT2D eigenvalue weighted by Gasteiger charge is 2.37. The van der Waals surface area contributed by atoms with Gasteiger partial charge in [-0.05, 0) is 17.7 Å². The van der Waals surface area contributed by atoms with E-state index in [1.165, 1.54) is 12.1 Å². The lowest BCUT2D eigenvalue weighted by atomic mass is 9.92. The third-order valence-corrected chi connectivity index (χ3v) is 3.76. The summed E-state index contributed by atoms with van der Waals surface area (Å²) < 4.78 is 18.4. The van der Waals surface area contributed by atoms with Crippen molar-refractivity contribution in [2.24, 2.45) is 0 Å². The Morgan fingerprint density at radius 2 is 1.78 bits per heavy atom. The molecule has 2 heterocycles. The summed E-state index contributed by atoms with van der Waals surface area (Å²) in [4.78, 5) is 13.9. The first-order valence-corrected chi connectivity index (χ1v) is 6.32. The monoisotopic (exact) mass is 249 g/mol. The maximum Gasteiger partial charge on any atom is 0.136 e. The number of fused-ring (bicyclic) bond motifs is 2. The number of benzene rings is 1. The number of halogens is 1. The Morgan fingerprint density at radius 3 is 2.39 bits per heavy atom. The van der Waals surface area contributed by atoms with E-state index in [9.17, 15) is 9.18 Å². The van der Waals surface area contributed by atoms with Crippen molar-refractivity contribution in [3.8, 4) is 0 Å². The van der Waals surface area contributed by atoms with Gasteiger partial charge in [0.1, 0.15) is 11.6 Å². The van der Waals surface area contributed by atoms with Gasteiger partial charge in [0.2, 0.25) is 0 Å². The van der Waals surface area contributed by atoms with Gasteiger partial charge in [0, 0.05) is 31.5 Å². The van der Waals surface area contributed by atoms with Crippen LogP contribution in [0.5, 0.6) is 0 Å². The van der Waals surface area contributed by atoms with Gasteiger partial charge in [-0.3, -0.25) is 9.69 Å². The zero-order valence-corrected chi connectivity index (χ0v) is 10.1. The minimum atomic E-state index is -0.212. The average molecular weight is 249 g/mol. The number of carbonyl (C=O) groups is 1. The molecule has 2 aliphatic heterocycles. The molecular formula is C14H16FNO2. The summed E-state index contributed by atoms with van der Waals surface area (Å²) in [5, 5.41) is 0. The first kappa shape index (κ1) is 11.8. The van der Waals surface area contributed by atoms with Crippen LogP contribution in [0.4, 0.5) is 4.39 Å². The summed E-state index contributed by atoms with van der Waals surface area (Å²) in [7, 11) is 0. The van der Waals surface area contributed by atoms with Crippen molar-refractivity contribution >= 4 is 5.78 Å². The molecule has 2 fully saturated rings. The van der Waals surface area contributed by atoms with Crippen LogP contribution in [-0.4, -0.2) is 36.0 Å². The second kappa shape index (κ2) is 4.78. The van der Waals surface area contributed by atoms with Gasteiger partial charge < -0.3 is 4.74 Å². The van der Waals surface area contributed by atoms with E-state index >= 15 is 0 Å². The number of ketones is 1. The molecule has 1 aromatic rings. The summed E-state index contributed by atoms with van der Waals surface area (Å²) >= 11 is 0. The highest BCUT2D eigenvalue weighted by atomic mass is 19.1. The average Bonchev–Trinajstić information content (AvgIpc) is 2.33. The zero-order chi connectivity index (χ0) is 12.5. The van der Waals surface area contributed by atoms with Crippen LogP contribution in [0.2, 0.25) is 0 Å². The normalized spacial score (nSPS) is 28.4. The molecule has 0 saturated carbocycles. The van der Waals surface area contributed by atoms with E-state index < -0.39 is 0 Å². The summed E-state index contributed by atoms with van der Waals surface area (Å²) in [6.45, 7) is 2.03. The lowest BCUT2D eigenvalue weighted by Crippen LogP contribution is -2.56. The molecule has 2 bridgehead atoms. The third kappa shape index (κ3) is 2.31. The van der Waals surface area contributed by atoms with Crippen LogP contribution in [0.3, 0.4) is 0 Å². The molecule has 2 atom stereocenters. The van der Waals surface area contributed by atoms with Gasteiger partial charge in [-0.2, -0.15) is 0 Å². The number of Topliss-reactive ketones (excluding diaryl/α,β-unsaturated/α-hetero) is 1. The number of nitrogens with zero attached hydrogens (tertiary/aromatic N) is 1. The second-order valence-corrected chi connectivity index (χ2v) is 5.09. The molecule has 18 heavy (non-hydrogen) atoms. The van der Waals surface area contributed by atoms with Gasteiger partial charge in [0.05, 0.1) is 13.2 Å². The van der Waals surface area contributed by atoms with Crippen LogP contribution in [-0.2, 0) is 16.1 Å². The van der Waals surface area contributed by atoms with Crippen LogP contribution >= 0.6 is 0 Å². The number of hydrogen-bond donors (Lipinski definition) is 0. The van der Waals surface area contributed by atoms with Gasteiger partial charge in [0.25, 0.3) is 0 Å². The van der Waals surface area contributed by atoms with Gasteiger partial charge in [-0.1, -0.05) is 12.1 Å². The van der Waals surface area contributed by atoms with Crippen LogP contribution in [0.1, 0.15) is 18.4 Å². The van der Waals surface area contributed by atoms with Gasteiger partial charge in [0.15, 0.2) is 0 Å². The molecule has 2 unspecified atom stereocenters. The van der Waals surface area contributed by atoms with Crippen LogP contribution in [0.15, 0.2) is 24.3 Å². The predicted molar refractivity (Wildman–Crippen MR) is 64.6 cm³/mol. The molecule has 0 aromatic heterocycles. The van der Waals surface area contributed by atoms with E-state index in [0.29, 0.717) is 31.8 Å². The number of morpholine rings is 1. The number of carbonyl (C=O) groups excluding carboxylic acids is 1. The molecule has 2 saturated heterocycles. The molecule has 4 heteroatoms. The Bertz CT molecular complexity index is 430. The first-order chi connectivity index (χ1) is 8.72. The quantitative estimate of drug-likeness (QED) is 0.800. The second-order valence-electron chi connectivity index (χ2n) is 5.09. The fraction of sp³-hybridized carbons (Fsp3) is 0.500. The fourth-order valence-corrected chi connectivity index (χ4v) is 2.85. The Hall–Kier alpha value is -1.26. The summed E-state index contributed by atoms with van der Waals surface area (Å²) in [6.07, 6.45) is 1.16.